The van der Waals surface area contributed by atoms with Gasteiger partial charge in [0, 0.05) is 6.07 Å². The Bertz CT molecular complexity index is 365. The lowest BCUT2D eigenvalue weighted by Crippen LogP contribution is -2.34. The maximum Gasteiger partial charge on any atom is 0.501 e. The molecular weight excluding hydrogens is 210 g/mol. The number of hydrogen-bond donors (Lipinski definition) is 1. The van der Waals surface area contributed by atoms with Gasteiger partial charge in [0.1, 0.15) is 11.5 Å². The van der Waals surface area contributed by atoms with E-state index in [0.717, 1.165) is 6.07 Å². The average Bonchev–Trinajstić information content (AvgIpc) is 2.17. The summed E-state index contributed by atoms with van der Waals surface area (Å²) in [6.07, 6.45) is -4.24. The number of methoxy groups -OCH3 is 1. The summed E-state index contributed by atoms with van der Waals surface area (Å²) < 4.78 is 34.0. The molecule has 0 amide bonds. The van der Waals surface area contributed by atoms with Crippen LogP contribution in [0.3, 0.4) is 0 Å². The summed E-state index contributed by atoms with van der Waals surface area (Å²) in [5.41, 5.74) is 0. The van der Waals surface area contributed by atoms with Crippen LogP contribution in [0.1, 0.15) is 0 Å². The third-order valence-corrected chi connectivity index (χ3v) is 1.54. The molecule has 0 atom stereocenters. The Kier molecular flexibility index (Phi) is 3.08. The zero-order valence-corrected chi connectivity index (χ0v) is 7.74. The van der Waals surface area contributed by atoms with Gasteiger partial charge in [-0.25, -0.2) is 4.79 Å². The number of carboxylic acids is 1. The van der Waals surface area contributed by atoms with Crippen molar-refractivity contribution in [2.24, 2.45) is 0 Å². The molecule has 1 rings (SSSR count). The average molecular weight is 218 g/mol. The molecule has 1 aromatic carbocycles. The van der Waals surface area contributed by atoms with Gasteiger partial charge in [0.2, 0.25) is 0 Å². The number of alkyl halides is 2. The lowest BCUT2D eigenvalue weighted by molar-refractivity contribution is -0.210. The SMILES string of the molecule is COc1cccc(OC(F)(F)C(=O)O)c1. The van der Waals surface area contributed by atoms with Crippen LogP contribution < -0.4 is 9.47 Å². The van der Waals surface area contributed by atoms with Crippen LogP contribution in [0.5, 0.6) is 11.5 Å². The van der Waals surface area contributed by atoms with E-state index in [1.54, 1.807) is 0 Å². The summed E-state index contributed by atoms with van der Waals surface area (Å²) in [7, 11) is 1.36. The van der Waals surface area contributed by atoms with Gasteiger partial charge in [0.25, 0.3) is 0 Å². The second kappa shape index (κ2) is 4.12. The minimum absolute atomic E-state index is 0.276. The number of halogens is 2. The molecule has 0 aliphatic heterocycles. The molecule has 1 aromatic rings. The molecule has 0 saturated heterocycles. The highest BCUT2D eigenvalue weighted by Gasteiger charge is 2.42. The number of rotatable bonds is 4. The molecule has 0 unspecified atom stereocenters. The topological polar surface area (TPSA) is 55.8 Å². The van der Waals surface area contributed by atoms with Crippen molar-refractivity contribution in [3.05, 3.63) is 24.3 Å². The highest BCUT2D eigenvalue weighted by atomic mass is 19.3. The standard InChI is InChI=1S/C9H8F2O4/c1-14-6-3-2-4-7(5-6)15-9(10,11)8(12)13/h2-5H,1H3,(H,12,13). The molecule has 1 N–H and O–H groups in total. The number of ether oxygens (including phenoxy) is 2. The van der Waals surface area contributed by atoms with Gasteiger partial charge in [-0.1, -0.05) is 6.07 Å². The van der Waals surface area contributed by atoms with Crippen LogP contribution >= 0.6 is 0 Å². The molecule has 0 spiro atoms. The molecule has 0 bridgehead atoms. The van der Waals surface area contributed by atoms with Gasteiger partial charge in [0.05, 0.1) is 7.11 Å². The van der Waals surface area contributed by atoms with Crippen LogP contribution in [0.4, 0.5) is 8.78 Å². The van der Waals surface area contributed by atoms with Crippen LogP contribution in [0.2, 0.25) is 0 Å². The quantitative estimate of drug-likeness (QED) is 0.836. The van der Waals surface area contributed by atoms with Gasteiger partial charge in [-0.15, -0.1) is 0 Å². The van der Waals surface area contributed by atoms with Gasteiger partial charge in [-0.05, 0) is 12.1 Å². The molecule has 0 heterocycles. The Hall–Kier alpha value is -1.85. The van der Waals surface area contributed by atoms with Crippen molar-refractivity contribution in [2.75, 3.05) is 7.11 Å². The molecule has 4 nitrogen and oxygen atoms in total. The Morgan fingerprint density at radius 2 is 2.00 bits per heavy atom. The minimum Gasteiger partial charge on any atom is -0.497 e. The number of carbonyl (C=O) groups is 1. The van der Waals surface area contributed by atoms with Crippen LogP contribution in [0.25, 0.3) is 0 Å². The van der Waals surface area contributed by atoms with Crippen LogP contribution in [-0.2, 0) is 4.79 Å². The summed E-state index contributed by atoms with van der Waals surface area (Å²) in [5.74, 6) is -2.32. The van der Waals surface area contributed by atoms with Gasteiger partial charge < -0.3 is 14.6 Å². The van der Waals surface area contributed by atoms with E-state index in [-0.39, 0.29) is 5.75 Å². The summed E-state index contributed by atoms with van der Waals surface area (Å²) in [6, 6.07) is 5.30. The van der Waals surface area contributed by atoms with Gasteiger partial charge in [-0.2, -0.15) is 8.78 Å². The Morgan fingerprint density at radius 3 is 2.53 bits per heavy atom. The van der Waals surface area contributed by atoms with E-state index < -0.39 is 12.1 Å². The first-order chi connectivity index (χ1) is 6.95. The molecule has 6 heteroatoms. The van der Waals surface area contributed by atoms with E-state index in [1.165, 1.54) is 25.3 Å². The van der Waals surface area contributed by atoms with Crippen molar-refractivity contribution in [1.82, 2.24) is 0 Å². The molecule has 0 aliphatic carbocycles. The molecule has 0 fully saturated rings. The van der Waals surface area contributed by atoms with Crippen LogP contribution in [0, 0.1) is 0 Å². The Morgan fingerprint density at radius 1 is 1.40 bits per heavy atom. The maximum absolute atomic E-state index is 12.6. The summed E-state index contributed by atoms with van der Waals surface area (Å²) in [5, 5.41) is 8.12. The first-order valence-corrected chi connectivity index (χ1v) is 3.90. The predicted octanol–water partition coefficient (Wildman–Crippen LogP) is 1.75. The lowest BCUT2D eigenvalue weighted by Gasteiger charge is -2.13. The molecule has 0 saturated carbocycles. The molecular formula is C9H8F2O4. The third-order valence-electron chi connectivity index (χ3n) is 1.54. The van der Waals surface area contributed by atoms with Crippen molar-refractivity contribution in [1.29, 1.82) is 0 Å². The number of benzene rings is 1. The fourth-order valence-corrected chi connectivity index (χ4v) is 0.856. The zero-order valence-electron chi connectivity index (χ0n) is 7.74. The monoisotopic (exact) mass is 218 g/mol. The number of hydrogen-bond acceptors (Lipinski definition) is 3. The van der Waals surface area contributed by atoms with Gasteiger partial charge >= 0.3 is 12.1 Å². The van der Waals surface area contributed by atoms with Crippen LogP contribution in [0.15, 0.2) is 24.3 Å². The molecule has 82 valence electrons. The minimum atomic E-state index is -4.24. The Balaban J connectivity index is 2.85. The van der Waals surface area contributed by atoms with E-state index >= 15 is 0 Å². The number of aliphatic carboxylic acids is 1. The lowest BCUT2D eigenvalue weighted by atomic mass is 10.3. The smallest absolute Gasteiger partial charge is 0.497 e. The summed E-state index contributed by atoms with van der Waals surface area (Å²) >= 11 is 0. The molecule has 15 heavy (non-hydrogen) atoms. The summed E-state index contributed by atoms with van der Waals surface area (Å²) in [4.78, 5) is 10.1. The second-order valence-electron chi connectivity index (χ2n) is 2.60. The van der Waals surface area contributed by atoms with Crippen molar-refractivity contribution < 1.29 is 28.2 Å². The highest BCUT2D eigenvalue weighted by molar-refractivity contribution is 5.73. The normalized spacial score (nSPS) is 10.9. The molecule has 0 aliphatic rings. The fourth-order valence-electron chi connectivity index (χ4n) is 0.856. The highest BCUT2D eigenvalue weighted by Crippen LogP contribution is 2.25. The third kappa shape index (κ3) is 2.80. The van der Waals surface area contributed by atoms with E-state index in [2.05, 4.69) is 4.74 Å². The number of carboxylic acid groups (broad SMARTS) is 1. The van der Waals surface area contributed by atoms with Gasteiger partial charge in [0.15, 0.2) is 0 Å². The largest absolute Gasteiger partial charge is 0.501 e. The van der Waals surface area contributed by atoms with Crippen molar-refractivity contribution >= 4 is 5.97 Å². The van der Waals surface area contributed by atoms with E-state index in [0.29, 0.717) is 5.75 Å². The van der Waals surface area contributed by atoms with Gasteiger partial charge in [-0.3, -0.25) is 0 Å². The summed E-state index contributed by atoms with van der Waals surface area (Å²) in [6.45, 7) is 0. The van der Waals surface area contributed by atoms with Crippen LogP contribution in [-0.4, -0.2) is 24.3 Å². The van der Waals surface area contributed by atoms with Crippen molar-refractivity contribution in [3.63, 3.8) is 0 Å². The first kappa shape index (κ1) is 11.2. The second-order valence-corrected chi connectivity index (χ2v) is 2.60. The molecule has 0 aromatic heterocycles. The molecule has 0 radical (unpaired) electrons. The van der Waals surface area contributed by atoms with E-state index in [1.807, 2.05) is 0 Å². The maximum atomic E-state index is 12.6. The van der Waals surface area contributed by atoms with Crippen molar-refractivity contribution in [3.8, 4) is 11.5 Å². The first-order valence-electron chi connectivity index (χ1n) is 3.90. The Labute approximate surface area is 84.0 Å². The van der Waals surface area contributed by atoms with E-state index in [4.69, 9.17) is 9.84 Å². The van der Waals surface area contributed by atoms with E-state index in [9.17, 15) is 13.6 Å². The van der Waals surface area contributed by atoms with Crippen molar-refractivity contribution in [2.45, 2.75) is 6.11 Å². The zero-order chi connectivity index (χ0) is 11.5. The fraction of sp³-hybridized carbons (Fsp3) is 0.222. The predicted molar refractivity (Wildman–Crippen MR) is 46.2 cm³/mol.